The van der Waals surface area contributed by atoms with Crippen LogP contribution in [0.3, 0.4) is 0 Å². The Kier molecular flexibility index (Phi) is 3.67. The van der Waals surface area contributed by atoms with Gasteiger partial charge in [0.2, 0.25) is 11.8 Å². The van der Waals surface area contributed by atoms with E-state index in [9.17, 15) is 19.5 Å². The molecule has 152 valence electrons. The van der Waals surface area contributed by atoms with Crippen LogP contribution in [0, 0.1) is 11.8 Å². The van der Waals surface area contributed by atoms with Gasteiger partial charge in [0.1, 0.15) is 5.41 Å². The Hall–Kier alpha value is -3.25. The minimum absolute atomic E-state index is 0.340. The standard InChI is InChI=1S/C25H16BrNO4/c26-13-6-5-7-14(12-13)27-22(28)20-19-15-8-1-3-10-17(15)25(24(30)31,21(20)23(27)29)18-11-4-2-9-16(18)19/h1-12,19-21H,(H,30,31)/t19?,20-,21-,25?/m1/s1. The Balaban J connectivity index is 1.68. The molecular formula is C25H16BrNO4. The van der Waals surface area contributed by atoms with E-state index in [0.717, 1.165) is 15.6 Å². The molecule has 31 heavy (non-hydrogen) atoms. The molecule has 0 spiro atoms. The number of carbonyl (C=O) groups is 3. The first-order valence-electron chi connectivity index (χ1n) is 10.0. The molecular weight excluding hydrogens is 458 g/mol. The van der Waals surface area contributed by atoms with Gasteiger partial charge in [0.15, 0.2) is 0 Å². The third kappa shape index (κ3) is 2.08. The van der Waals surface area contributed by atoms with E-state index in [4.69, 9.17) is 0 Å². The van der Waals surface area contributed by atoms with Crippen molar-refractivity contribution < 1.29 is 19.5 Å². The van der Waals surface area contributed by atoms with Gasteiger partial charge in [-0.15, -0.1) is 0 Å². The summed E-state index contributed by atoms with van der Waals surface area (Å²) < 4.78 is 0.739. The number of halogens is 1. The maximum absolute atomic E-state index is 13.8. The van der Waals surface area contributed by atoms with Crippen molar-refractivity contribution in [3.05, 3.63) is 99.5 Å². The zero-order chi connectivity index (χ0) is 21.5. The lowest BCUT2D eigenvalue weighted by Crippen LogP contribution is -2.57. The molecule has 1 heterocycles. The fourth-order valence-electron chi connectivity index (χ4n) is 6.00. The minimum atomic E-state index is -1.60. The summed E-state index contributed by atoms with van der Waals surface area (Å²) in [5.74, 6) is -4.00. The van der Waals surface area contributed by atoms with Crippen molar-refractivity contribution in [1.82, 2.24) is 0 Å². The van der Waals surface area contributed by atoms with E-state index in [1.807, 2.05) is 30.3 Å². The molecule has 0 aromatic heterocycles. The second kappa shape index (κ2) is 6.14. The normalized spacial score (nSPS) is 27.6. The summed E-state index contributed by atoms with van der Waals surface area (Å²) in [5.41, 5.74) is 1.73. The third-order valence-electron chi connectivity index (χ3n) is 7.02. The first-order chi connectivity index (χ1) is 15.0. The van der Waals surface area contributed by atoms with E-state index in [2.05, 4.69) is 15.9 Å². The van der Waals surface area contributed by atoms with E-state index >= 15 is 0 Å². The molecule has 3 aliphatic carbocycles. The van der Waals surface area contributed by atoms with Gasteiger partial charge in [-0.3, -0.25) is 14.4 Å². The molecule has 0 radical (unpaired) electrons. The van der Waals surface area contributed by atoms with Crippen molar-refractivity contribution in [2.24, 2.45) is 11.8 Å². The monoisotopic (exact) mass is 473 g/mol. The van der Waals surface area contributed by atoms with Crippen LogP contribution in [0.5, 0.6) is 0 Å². The molecule has 3 aromatic rings. The Bertz CT molecular complexity index is 1270. The van der Waals surface area contributed by atoms with Crippen LogP contribution in [0.2, 0.25) is 0 Å². The summed E-state index contributed by atoms with van der Waals surface area (Å²) >= 11 is 3.40. The van der Waals surface area contributed by atoms with Gasteiger partial charge in [0.05, 0.1) is 17.5 Å². The van der Waals surface area contributed by atoms with Crippen LogP contribution in [-0.2, 0) is 19.8 Å². The van der Waals surface area contributed by atoms with Crippen LogP contribution in [0.25, 0.3) is 0 Å². The number of nitrogens with zero attached hydrogens (tertiary/aromatic N) is 1. The summed E-state index contributed by atoms with van der Waals surface area (Å²) in [6.45, 7) is 0. The highest BCUT2D eigenvalue weighted by Crippen LogP contribution is 2.64. The number of hydrogen-bond acceptors (Lipinski definition) is 3. The first kappa shape index (κ1) is 18.5. The largest absolute Gasteiger partial charge is 0.480 e. The lowest BCUT2D eigenvalue weighted by Gasteiger charge is -2.51. The Morgan fingerprint density at radius 2 is 1.48 bits per heavy atom. The average Bonchev–Trinajstić information content (AvgIpc) is 3.04. The number of rotatable bonds is 2. The lowest BCUT2D eigenvalue weighted by molar-refractivity contribution is -0.149. The van der Waals surface area contributed by atoms with Crippen molar-refractivity contribution in [2.45, 2.75) is 11.3 Å². The number of carbonyl (C=O) groups excluding carboxylic acids is 2. The molecule has 7 rings (SSSR count). The molecule has 2 amide bonds. The van der Waals surface area contributed by atoms with Crippen molar-refractivity contribution in [2.75, 3.05) is 4.90 Å². The first-order valence-corrected chi connectivity index (χ1v) is 10.8. The number of hydrogen-bond donors (Lipinski definition) is 1. The van der Waals surface area contributed by atoms with Gasteiger partial charge in [-0.05, 0) is 40.5 Å². The molecule has 1 fully saturated rings. The summed E-state index contributed by atoms with van der Waals surface area (Å²) in [6.07, 6.45) is 0. The van der Waals surface area contributed by atoms with Crippen LogP contribution >= 0.6 is 15.9 Å². The number of imide groups is 1. The molecule has 2 bridgehead atoms. The van der Waals surface area contributed by atoms with E-state index in [-0.39, 0.29) is 11.8 Å². The molecule has 1 saturated heterocycles. The summed E-state index contributed by atoms with van der Waals surface area (Å²) in [7, 11) is 0. The average molecular weight is 474 g/mol. The fraction of sp³-hybridized carbons (Fsp3) is 0.160. The van der Waals surface area contributed by atoms with Crippen LogP contribution in [0.15, 0.2) is 77.3 Å². The highest BCUT2D eigenvalue weighted by Gasteiger charge is 2.71. The Labute approximate surface area is 186 Å². The molecule has 2 atom stereocenters. The predicted octanol–water partition coefficient (Wildman–Crippen LogP) is 4.08. The van der Waals surface area contributed by atoms with E-state index in [0.29, 0.717) is 16.8 Å². The molecule has 1 N–H and O–H groups in total. The van der Waals surface area contributed by atoms with Crippen LogP contribution < -0.4 is 4.90 Å². The van der Waals surface area contributed by atoms with Gasteiger partial charge >= 0.3 is 5.97 Å². The highest BCUT2D eigenvalue weighted by molar-refractivity contribution is 9.10. The number of carboxylic acids is 1. The van der Waals surface area contributed by atoms with E-state index in [1.54, 1.807) is 42.5 Å². The van der Waals surface area contributed by atoms with Gasteiger partial charge < -0.3 is 5.11 Å². The van der Waals surface area contributed by atoms with Crippen molar-refractivity contribution in [1.29, 1.82) is 0 Å². The number of amides is 2. The predicted molar refractivity (Wildman–Crippen MR) is 117 cm³/mol. The molecule has 3 aromatic carbocycles. The van der Waals surface area contributed by atoms with Gasteiger partial charge in [-0.1, -0.05) is 70.5 Å². The zero-order valence-corrected chi connectivity index (χ0v) is 17.7. The van der Waals surface area contributed by atoms with Crippen LogP contribution in [0.4, 0.5) is 5.69 Å². The second-order valence-corrected chi connectivity index (χ2v) is 9.18. The summed E-state index contributed by atoms with van der Waals surface area (Å²) in [4.78, 5) is 41.8. The molecule has 0 unspecified atom stereocenters. The molecule has 4 aliphatic rings. The minimum Gasteiger partial charge on any atom is -0.480 e. The number of aliphatic carboxylic acids is 1. The topological polar surface area (TPSA) is 74.7 Å². The number of carboxylic acid groups (broad SMARTS) is 1. The number of anilines is 1. The maximum Gasteiger partial charge on any atom is 0.319 e. The van der Waals surface area contributed by atoms with E-state index < -0.39 is 29.1 Å². The Morgan fingerprint density at radius 1 is 0.871 bits per heavy atom. The van der Waals surface area contributed by atoms with Crippen LogP contribution in [0.1, 0.15) is 28.2 Å². The molecule has 0 saturated carbocycles. The summed E-state index contributed by atoms with van der Waals surface area (Å²) in [5, 5.41) is 10.7. The molecule has 5 nitrogen and oxygen atoms in total. The highest BCUT2D eigenvalue weighted by atomic mass is 79.9. The maximum atomic E-state index is 13.8. The van der Waals surface area contributed by atoms with Gasteiger partial charge in [-0.2, -0.15) is 0 Å². The quantitative estimate of drug-likeness (QED) is 0.568. The summed E-state index contributed by atoms with van der Waals surface area (Å²) in [6, 6.07) is 21.7. The zero-order valence-electron chi connectivity index (χ0n) is 16.2. The Morgan fingerprint density at radius 3 is 2.06 bits per heavy atom. The van der Waals surface area contributed by atoms with E-state index in [1.165, 1.54) is 4.90 Å². The third-order valence-corrected chi connectivity index (χ3v) is 7.52. The molecule has 6 heteroatoms. The van der Waals surface area contributed by atoms with Gasteiger partial charge in [0.25, 0.3) is 0 Å². The van der Waals surface area contributed by atoms with Crippen molar-refractivity contribution in [3.63, 3.8) is 0 Å². The number of benzene rings is 3. The van der Waals surface area contributed by atoms with Crippen molar-refractivity contribution in [3.8, 4) is 0 Å². The van der Waals surface area contributed by atoms with Crippen LogP contribution in [-0.4, -0.2) is 22.9 Å². The lowest BCUT2D eigenvalue weighted by atomic mass is 9.47. The molecule has 1 aliphatic heterocycles. The smallest absolute Gasteiger partial charge is 0.319 e. The second-order valence-electron chi connectivity index (χ2n) is 8.26. The van der Waals surface area contributed by atoms with Gasteiger partial charge in [-0.25, -0.2) is 4.90 Å². The SMILES string of the molecule is O=C1[C@@H]2C3c4ccccc4C(C(=O)O)(c4ccccc43)[C@H]2C(=O)N1c1cccc(Br)c1. The van der Waals surface area contributed by atoms with Crippen molar-refractivity contribution >= 4 is 39.4 Å². The fourth-order valence-corrected chi connectivity index (χ4v) is 6.39. The van der Waals surface area contributed by atoms with Gasteiger partial charge in [0, 0.05) is 10.4 Å².